The van der Waals surface area contributed by atoms with Gasteiger partial charge in [-0.3, -0.25) is 4.79 Å². The molecule has 0 radical (unpaired) electrons. The highest BCUT2D eigenvalue weighted by molar-refractivity contribution is 5.86. The van der Waals surface area contributed by atoms with Gasteiger partial charge < -0.3 is 14.7 Å². The molecule has 0 aromatic carbocycles. The Kier molecular flexibility index (Phi) is 6.01. The van der Waals surface area contributed by atoms with Gasteiger partial charge in [-0.25, -0.2) is 13.6 Å². The van der Waals surface area contributed by atoms with Crippen LogP contribution in [0.5, 0.6) is 0 Å². The molecule has 0 aromatic heterocycles. The van der Waals surface area contributed by atoms with Gasteiger partial charge in [0.05, 0.1) is 13.0 Å². The SMILES string of the molecule is CN(C(=O)CCOCC(F)F)C(C)(C)C(=O)O. The lowest BCUT2D eigenvalue weighted by molar-refractivity contribution is -0.155. The molecule has 0 heterocycles. The number of alkyl halides is 2. The number of carbonyl (C=O) groups excluding carboxylic acids is 1. The highest BCUT2D eigenvalue weighted by atomic mass is 19.3. The summed E-state index contributed by atoms with van der Waals surface area (Å²) in [4.78, 5) is 23.5. The minimum absolute atomic E-state index is 0.125. The van der Waals surface area contributed by atoms with Crippen molar-refractivity contribution >= 4 is 11.9 Å². The third-order valence-corrected chi connectivity index (χ3v) is 2.44. The number of nitrogens with zero attached hydrogens (tertiary/aromatic N) is 1. The summed E-state index contributed by atoms with van der Waals surface area (Å²) in [5, 5.41) is 8.88. The first kappa shape index (κ1) is 15.8. The van der Waals surface area contributed by atoms with Crippen molar-refractivity contribution in [3.63, 3.8) is 0 Å². The Bertz CT molecular complexity index is 281. The standard InChI is InChI=1S/C10H17F2NO4/c1-10(2,9(15)16)13(3)8(14)4-5-17-6-7(11)12/h7H,4-6H2,1-3H3,(H,15,16). The average Bonchev–Trinajstić information content (AvgIpc) is 2.22. The van der Waals surface area contributed by atoms with Crippen LogP contribution in [0.15, 0.2) is 0 Å². The highest BCUT2D eigenvalue weighted by Gasteiger charge is 2.34. The fraction of sp³-hybridized carbons (Fsp3) is 0.800. The maximum absolute atomic E-state index is 11.7. The maximum Gasteiger partial charge on any atom is 0.329 e. The van der Waals surface area contributed by atoms with E-state index < -0.39 is 30.4 Å². The van der Waals surface area contributed by atoms with Crippen molar-refractivity contribution in [2.45, 2.75) is 32.2 Å². The number of halogens is 2. The van der Waals surface area contributed by atoms with Gasteiger partial charge in [-0.1, -0.05) is 0 Å². The van der Waals surface area contributed by atoms with Crippen molar-refractivity contribution in [2.75, 3.05) is 20.3 Å². The fourth-order valence-corrected chi connectivity index (χ4v) is 0.955. The minimum Gasteiger partial charge on any atom is -0.480 e. The van der Waals surface area contributed by atoms with Gasteiger partial charge in [-0.2, -0.15) is 0 Å². The third-order valence-electron chi connectivity index (χ3n) is 2.44. The Hall–Kier alpha value is -1.24. The fourth-order valence-electron chi connectivity index (χ4n) is 0.955. The lowest BCUT2D eigenvalue weighted by atomic mass is 10.0. The van der Waals surface area contributed by atoms with Gasteiger partial charge in [0.15, 0.2) is 0 Å². The van der Waals surface area contributed by atoms with Crippen LogP contribution in [0.2, 0.25) is 0 Å². The lowest BCUT2D eigenvalue weighted by Gasteiger charge is -2.31. The van der Waals surface area contributed by atoms with Crippen molar-refractivity contribution in [3.05, 3.63) is 0 Å². The van der Waals surface area contributed by atoms with Crippen LogP contribution in [0.3, 0.4) is 0 Å². The maximum atomic E-state index is 11.7. The van der Waals surface area contributed by atoms with E-state index in [0.717, 1.165) is 4.90 Å². The van der Waals surface area contributed by atoms with E-state index in [0.29, 0.717) is 0 Å². The predicted molar refractivity (Wildman–Crippen MR) is 55.9 cm³/mol. The number of hydrogen-bond acceptors (Lipinski definition) is 3. The Balaban J connectivity index is 4.11. The van der Waals surface area contributed by atoms with E-state index in [4.69, 9.17) is 5.11 Å². The molecule has 0 saturated carbocycles. The zero-order valence-corrected chi connectivity index (χ0v) is 10.1. The molecule has 7 heteroatoms. The predicted octanol–water partition coefficient (Wildman–Crippen LogP) is 0.980. The molecule has 17 heavy (non-hydrogen) atoms. The molecule has 0 fully saturated rings. The first-order chi connectivity index (χ1) is 7.69. The number of hydrogen-bond donors (Lipinski definition) is 1. The van der Waals surface area contributed by atoms with Gasteiger partial charge in [-0.05, 0) is 13.8 Å². The van der Waals surface area contributed by atoms with E-state index in [1.807, 2.05) is 0 Å². The Morgan fingerprint density at radius 1 is 1.41 bits per heavy atom. The third kappa shape index (κ3) is 5.08. The van der Waals surface area contributed by atoms with Crippen LogP contribution in [0, 0.1) is 0 Å². The van der Waals surface area contributed by atoms with Crippen molar-refractivity contribution in [1.82, 2.24) is 4.90 Å². The highest BCUT2D eigenvalue weighted by Crippen LogP contribution is 2.13. The smallest absolute Gasteiger partial charge is 0.329 e. The van der Waals surface area contributed by atoms with Gasteiger partial charge in [0.2, 0.25) is 5.91 Å². The van der Waals surface area contributed by atoms with Crippen molar-refractivity contribution < 1.29 is 28.2 Å². The molecule has 1 amide bonds. The van der Waals surface area contributed by atoms with Gasteiger partial charge in [-0.15, -0.1) is 0 Å². The van der Waals surface area contributed by atoms with Crippen LogP contribution in [0.1, 0.15) is 20.3 Å². The van der Waals surface area contributed by atoms with Gasteiger partial charge >= 0.3 is 5.97 Å². The summed E-state index contributed by atoms with van der Waals surface area (Å²) in [5.74, 6) is -1.60. The number of likely N-dealkylation sites (N-methyl/N-ethyl adjacent to an activating group) is 1. The summed E-state index contributed by atoms with van der Waals surface area (Å²) in [6.07, 6.45) is -2.70. The molecular formula is C10H17F2NO4. The van der Waals surface area contributed by atoms with Crippen LogP contribution in [0.4, 0.5) is 8.78 Å². The molecule has 0 spiro atoms. The van der Waals surface area contributed by atoms with Gasteiger partial charge in [0, 0.05) is 7.05 Å². The molecule has 5 nitrogen and oxygen atoms in total. The molecule has 0 bridgehead atoms. The molecular weight excluding hydrogens is 236 g/mol. The van der Waals surface area contributed by atoms with Crippen LogP contribution in [-0.4, -0.2) is 54.1 Å². The van der Waals surface area contributed by atoms with Crippen molar-refractivity contribution in [3.8, 4) is 0 Å². The molecule has 0 rings (SSSR count). The molecule has 0 unspecified atom stereocenters. The van der Waals surface area contributed by atoms with E-state index in [9.17, 15) is 18.4 Å². The Morgan fingerprint density at radius 2 is 1.94 bits per heavy atom. The number of amides is 1. The van der Waals surface area contributed by atoms with E-state index in [-0.39, 0.29) is 13.0 Å². The summed E-state index contributed by atoms with van der Waals surface area (Å²) in [6.45, 7) is 1.89. The second-order valence-electron chi connectivity index (χ2n) is 4.03. The Morgan fingerprint density at radius 3 is 2.35 bits per heavy atom. The number of carbonyl (C=O) groups is 2. The first-order valence-corrected chi connectivity index (χ1v) is 5.05. The zero-order chi connectivity index (χ0) is 13.6. The van der Waals surface area contributed by atoms with E-state index in [1.165, 1.54) is 20.9 Å². The normalized spacial score (nSPS) is 11.6. The second-order valence-corrected chi connectivity index (χ2v) is 4.03. The molecule has 0 aliphatic heterocycles. The summed E-state index contributed by atoms with van der Waals surface area (Å²) in [7, 11) is 1.35. The molecule has 0 saturated heterocycles. The number of carboxylic acids is 1. The molecule has 0 aliphatic carbocycles. The van der Waals surface area contributed by atoms with Crippen LogP contribution in [0.25, 0.3) is 0 Å². The quantitative estimate of drug-likeness (QED) is 0.687. The van der Waals surface area contributed by atoms with Crippen molar-refractivity contribution in [1.29, 1.82) is 0 Å². The number of carboxylic acid groups (broad SMARTS) is 1. The zero-order valence-electron chi connectivity index (χ0n) is 10.1. The summed E-state index contributed by atoms with van der Waals surface area (Å²) < 4.78 is 28.0. The van der Waals surface area contributed by atoms with Gasteiger partial charge in [0.1, 0.15) is 12.1 Å². The second kappa shape index (κ2) is 6.48. The molecule has 0 aromatic rings. The molecule has 0 atom stereocenters. The number of ether oxygens (including phenoxy) is 1. The van der Waals surface area contributed by atoms with Crippen LogP contribution >= 0.6 is 0 Å². The average molecular weight is 253 g/mol. The topological polar surface area (TPSA) is 66.8 Å². The van der Waals surface area contributed by atoms with Crippen LogP contribution < -0.4 is 0 Å². The van der Waals surface area contributed by atoms with E-state index >= 15 is 0 Å². The van der Waals surface area contributed by atoms with Crippen molar-refractivity contribution in [2.24, 2.45) is 0 Å². The molecule has 100 valence electrons. The van der Waals surface area contributed by atoms with Gasteiger partial charge in [0.25, 0.3) is 6.43 Å². The van der Waals surface area contributed by atoms with E-state index in [1.54, 1.807) is 0 Å². The molecule has 0 aliphatic rings. The Labute approximate surface area is 98.3 Å². The monoisotopic (exact) mass is 253 g/mol. The summed E-state index contributed by atoms with van der Waals surface area (Å²) in [6, 6.07) is 0. The number of rotatable bonds is 7. The first-order valence-electron chi connectivity index (χ1n) is 5.05. The lowest BCUT2D eigenvalue weighted by Crippen LogP contribution is -2.50. The summed E-state index contributed by atoms with van der Waals surface area (Å²) >= 11 is 0. The minimum atomic E-state index is -2.57. The summed E-state index contributed by atoms with van der Waals surface area (Å²) in [5.41, 5.74) is -1.33. The largest absolute Gasteiger partial charge is 0.480 e. The van der Waals surface area contributed by atoms with Crippen LogP contribution in [-0.2, 0) is 14.3 Å². The molecule has 1 N–H and O–H groups in total. The van der Waals surface area contributed by atoms with E-state index in [2.05, 4.69) is 4.74 Å². The number of aliphatic carboxylic acids is 1.